The first-order valence-electron chi connectivity index (χ1n) is 9.86. The number of guanidine groups is 1. The fraction of sp³-hybridized carbons (Fsp3) is 0.409. The number of carbonyl (C=O) groups is 1. The number of aromatic nitrogens is 1. The molecule has 1 aliphatic rings. The van der Waals surface area contributed by atoms with Crippen LogP contribution in [0.2, 0.25) is 0 Å². The van der Waals surface area contributed by atoms with Gasteiger partial charge in [-0.3, -0.25) is 9.79 Å². The summed E-state index contributed by atoms with van der Waals surface area (Å²) in [5.41, 5.74) is 2.46. The molecule has 0 bridgehead atoms. The summed E-state index contributed by atoms with van der Waals surface area (Å²) in [5.74, 6) is 2.04. The van der Waals surface area contributed by atoms with Gasteiger partial charge in [0, 0.05) is 39.3 Å². The molecular formula is C22H30IN5O. The van der Waals surface area contributed by atoms with Crippen molar-refractivity contribution in [3.05, 3.63) is 59.8 Å². The molecule has 7 heteroatoms. The highest BCUT2D eigenvalue weighted by Crippen LogP contribution is 2.20. The van der Waals surface area contributed by atoms with Crippen LogP contribution in [0.5, 0.6) is 0 Å². The van der Waals surface area contributed by atoms with Crippen molar-refractivity contribution in [2.24, 2.45) is 10.9 Å². The van der Waals surface area contributed by atoms with Crippen LogP contribution in [-0.2, 0) is 11.2 Å². The third kappa shape index (κ3) is 7.30. The van der Waals surface area contributed by atoms with Crippen molar-refractivity contribution >= 4 is 41.7 Å². The topological polar surface area (TPSA) is 69.6 Å². The van der Waals surface area contributed by atoms with Crippen LogP contribution in [0.3, 0.4) is 0 Å². The van der Waals surface area contributed by atoms with Crippen LogP contribution in [0.4, 0.5) is 5.82 Å². The number of aliphatic imine (C=N–C) groups is 1. The number of carbonyl (C=O) groups excluding carboxylic acids is 1. The molecule has 1 unspecified atom stereocenters. The standard InChI is InChI=1S/C22H29N5O.HI/c1-17-8-9-20(25-15-17)26-21(28)10-12-24-22(23-2)27-13-11-19(16-27)14-18-6-4-3-5-7-18;/h3-9,15,19H,10-14,16H2,1-2H3,(H,23,24)(H,25,26,28);1H. The monoisotopic (exact) mass is 507 g/mol. The maximum absolute atomic E-state index is 12.1. The van der Waals surface area contributed by atoms with Gasteiger partial charge in [-0.25, -0.2) is 4.98 Å². The lowest BCUT2D eigenvalue weighted by molar-refractivity contribution is -0.116. The lowest BCUT2D eigenvalue weighted by atomic mass is 9.99. The molecule has 1 aromatic heterocycles. The number of pyridine rings is 1. The number of anilines is 1. The molecule has 2 N–H and O–H groups in total. The van der Waals surface area contributed by atoms with Crippen LogP contribution in [0.15, 0.2) is 53.7 Å². The highest BCUT2D eigenvalue weighted by atomic mass is 127. The second-order valence-electron chi connectivity index (χ2n) is 7.28. The average Bonchev–Trinajstić information content (AvgIpc) is 3.16. The molecule has 156 valence electrons. The van der Waals surface area contributed by atoms with Gasteiger partial charge in [0.25, 0.3) is 0 Å². The summed E-state index contributed by atoms with van der Waals surface area (Å²) in [6.45, 7) is 4.51. The van der Waals surface area contributed by atoms with Gasteiger partial charge >= 0.3 is 0 Å². The van der Waals surface area contributed by atoms with E-state index in [2.05, 4.69) is 55.8 Å². The van der Waals surface area contributed by atoms with Gasteiger partial charge < -0.3 is 15.5 Å². The molecule has 1 aromatic carbocycles. The third-order valence-corrected chi connectivity index (χ3v) is 4.98. The van der Waals surface area contributed by atoms with E-state index in [-0.39, 0.29) is 29.9 Å². The third-order valence-electron chi connectivity index (χ3n) is 4.98. The van der Waals surface area contributed by atoms with Gasteiger partial charge in [-0.1, -0.05) is 36.4 Å². The zero-order valence-corrected chi connectivity index (χ0v) is 19.4. The Morgan fingerprint density at radius 3 is 2.72 bits per heavy atom. The van der Waals surface area contributed by atoms with E-state index in [1.54, 1.807) is 13.2 Å². The minimum atomic E-state index is -0.0531. The van der Waals surface area contributed by atoms with Crippen LogP contribution in [0.1, 0.15) is 24.0 Å². The minimum absolute atomic E-state index is 0. The summed E-state index contributed by atoms with van der Waals surface area (Å²) in [5, 5.41) is 6.14. The first-order chi connectivity index (χ1) is 13.6. The molecule has 1 aliphatic heterocycles. The quantitative estimate of drug-likeness (QED) is 0.357. The van der Waals surface area contributed by atoms with E-state index < -0.39 is 0 Å². The number of rotatable bonds is 6. The van der Waals surface area contributed by atoms with Crippen molar-refractivity contribution in [1.82, 2.24) is 15.2 Å². The fourth-order valence-electron chi connectivity index (χ4n) is 3.51. The minimum Gasteiger partial charge on any atom is -0.356 e. The number of hydrogen-bond donors (Lipinski definition) is 2. The van der Waals surface area contributed by atoms with Crippen LogP contribution in [-0.4, -0.2) is 48.4 Å². The Bertz CT molecular complexity index is 795. The Kier molecular flexibility index (Phi) is 9.37. The van der Waals surface area contributed by atoms with Crippen LogP contribution in [0, 0.1) is 12.8 Å². The van der Waals surface area contributed by atoms with Gasteiger partial charge in [-0.2, -0.15) is 0 Å². The molecule has 0 aliphatic carbocycles. The van der Waals surface area contributed by atoms with Crippen LogP contribution < -0.4 is 10.6 Å². The number of benzene rings is 1. The summed E-state index contributed by atoms with van der Waals surface area (Å²) < 4.78 is 0. The molecule has 0 saturated carbocycles. The van der Waals surface area contributed by atoms with Crippen molar-refractivity contribution in [3.63, 3.8) is 0 Å². The molecule has 3 rings (SSSR count). The summed E-state index contributed by atoms with van der Waals surface area (Å²) in [6.07, 6.45) is 4.38. The van der Waals surface area contributed by atoms with E-state index in [9.17, 15) is 4.79 Å². The van der Waals surface area contributed by atoms with Gasteiger partial charge in [0.15, 0.2) is 5.96 Å². The maximum atomic E-state index is 12.1. The molecule has 0 spiro atoms. The molecule has 1 saturated heterocycles. The van der Waals surface area contributed by atoms with Gasteiger partial charge in [0.1, 0.15) is 5.82 Å². The molecule has 2 heterocycles. The molecule has 2 aromatic rings. The second-order valence-corrected chi connectivity index (χ2v) is 7.28. The van der Waals surface area contributed by atoms with Crippen molar-refractivity contribution in [2.75, 3.05) is 32.0 Å². The SMILES string of the molecule is CN=C(NCCC(=O)Nc1ccc(C)cn1)N1CCC(Cc2ccccc2)C1.I. The Morgan fingerprint density at radius 2 is 2.03 bits per heavy atom. The van der Waals surface area contributed by atoms with Crippen molar-refractivity contribution in [3.8, 4) is 0 Å². The van der Waals surface area contributed by atoms with Crippen molar-refractivity contribution in [2.45, 2.75) is 26.2 Å². The molecule has 1 atom stereocenters. The Labute approximate surface area is 190 Å². The predicted octanol–water partition coefficient (Wildman–Crippen LogP) is 3.48. The summed E-state index contributed by atoms with van der Waals surface area (Å²) in [7, 11) is 1.79. The smallest absolute Gasteiger partial charge is 0.227 e. The van der Waals surface area contributed by atoms with E-state index in [0.29, 0.717) is 24.7 Å². The van der Waals surface area contributed by atoms with Crippen LogP contribution in [0.25, 0.3) is 0 Å². The Hall–Kier alpha value is -2.16. The van der Waals surface area contributed by atoms with Crippen molar-refractivity contribution in [1.29, 1.82) is 0 Å². The van der Waals surface area contributed by atoms with Crippen LogP contribution >= 0.6 is 24.0 Å². The zero-order chi connectivity index (χ0) is 19.8. The van der Waals surface area contributed by atoms with E-state index in [1.165, 1.54) is 5.56 Å². The molecule has 1 amide bonds. The fourth-order valence-corrected chi connectivity index (χ4v) is 3.51. The predicted molar refractivity (Wildman–Crippen MR) is 129 cm³/mol. The zero-order valence-electron chi connectivity index (χ0n) is 17.1. The lowest BCUT2D eigenvalue weighted by Crippen LogP contribution is -2.41. The molecular weight excluding hydrogens is 477 g/mol. The van der Waals surface area contributed by atoms with Gasteiger partial charge in [-0.05, 0) is 42.9 Å². The number of nitrogens with one attached hydrogen (secondary N) is 2. The van der Waals surface area contributed by atoms with Gasteiger partial charge in [-0.15, -0.1) is 24.0 Å². The number of amides is 1. The normalized spacial score (nSPS) is 16.3. The average molecular weight is 507 g/mol. The van der Waals surface area contributed by atoms with Gasteiger partial charge in [0.2, 0.25) is 5.91 Å². The molecule has 1 fully saturated rings. The number of hydrogen-bond acceptors (Lipinski definition) is 3. The van der Waals surface area contributed by atoms with E-state index in [1.807, 2.05) is 19.1 Å². The summed E-state index contributed by atoms with van der Waals surface area (Å²) >= 11 is 0. The highest BCUT2D eigenvalue weighted by Gasteiger charge is 2.24. The molecule has 6 nitrogen and oxygen atoms in total. The number of nitrogens with zero attached hydrogens (tertiary/aromatic N) is 3. The summed E-state index contributed by atoms with van der Waals surface area (Å²) in [6, 6.07) is 14.4. The molecule has 0 radical (unpaired) electrons. The first-order valence-corrected chi connectivity index (χ1v) is 9.86. The number of aryl methyl sites for hydroxylation is 1. The lowest BCUT2D eigenvalue weighted by Gasteiger charge is -2.21. The first kappa shape index (κ1) is 23.1. The maximum Gasteiger partial charge on any atom is 0.227 e. The van der Waals surface area contributed by atoms with Crippen molar-refractivity contribution < 1.29 is 4.79 Å². The van der Waals surface area contributed by atoms with E-state index in [0.717, 1.165) is 37.5 Å². The Morgan fingerprint density at radius 1 is 1.24 bits per heavy atom. The number of halogens is 1. The van der Waals surface area contributed by atoms with Gasteiger partial charge in [0.05, 0.1) is 0 Å². The second kappa shape index (κ2) is 11.7. The molecule has 29 heavy (non-hydrogen) atoms. The Balaban J connectivity index is 0.00000300. The van der Waals surface area contributed by atoms with E-state index in [4.69, 9.17) is 0 Å². The summed E-state index contributed by atoms with van der Waals surface area (Å²) in [4.78, 5) is 23.0. The highest BCUT2D eigenvalue weighted by molar-refractivity contribution is 14.0. The largest absolute Gasteiger partial charge is 0.356 e. The number of likely N-dealkylation sites (tertiary alicyclic amines) is 1. The van der Waals surface area contributed by atoms with E-state index >= 15 is 0 Å².